The normalized spacial score (nSPS) is 17.0. The van der Waals surface area contributed by atoms with Crippen LogP contribution in [0.5, 0.6) is 5.75 Å². The van der Waals surface area contributed by atoms with Gasteiger partial charge in [-0.25, -0.2) is 13.2 Å². The Morgan fingerprint density at radius 3 is 2.64 bits per heavy atom. The zero-order chi connectivity index (χ0) is 16.0. The number of nitrogens with one attached hydrogen (secondary N) is 1. The first kappa shape index (κ1) is 16.6. The number of urea groups is 1. The van der Waals surface area contributed by atoms with Crippen molar-refractivity contribution in [3.63, 3.8) is 0 Å². The fourth-order valence-corrected chi connectivity index (χ4v) is 3.54. The Hall–Kier alpha value is -1.76. The van der Waals surface area contributed by atoms with Gasteiger partial charge in [0, 0.05) is 19.6 Å². The van der Waals surface area contributed by atoms with Gasteiger partial charge in [0.2, 0.25) is 0 Å². The second kappa shape index (κ2) is 7.49. The minimum Gasteiger partial charge on any atom is -0.494 e. The average Bonchev–Trinajstić information content (AvgIpc) is 2.49. The first-order valence-electron chi connectivity index (χ1n) is 7.46. The molecule has 0 unspecified atom stereocenters. The van der Waals surface area contributed by atoms with Crippen molar-refractivity contribution in [3.8, 4) is 5.75 Å². The third kappa shape index (κ3) is 4.62. The molecule has 2 rings (SSSR count). The van der Waals surface area contributed by atoms with Crippen LogP contribution in [0, 0.1) is 0 Å². The molecule has 1 aliphatic heterocycles. The van der Waals surface area contributed by atoms with Crippen molar-refractivity contribution in [2.75, 3.05) is 37.7 Å². The van der Waals surface area contributed by atoms with E-state index in [9.17, 15) is 13.2 Å². The van der Waals surface area contributed by atoms with Gasteiger partial charge in [0.25, 0.3) is 0 Å². The van der Waals surface area contributed by atoms with Crippen molar-refractivity contribution in [3.05, 3.63) is 29.8 Å². The van der Waals surface area contributed by atoms with E-state index in [1.54, 1.807) is 4.90 Å². The topological polar surface area (TPSA) is 75.7 Å². The van der Waals surface area contributed by atoms with Gasteiger partial charge in [-0.15, -0.1) is 0 Å². The lowest BCUT2D eigenvalue weighted by Gasteiger charge is -2.26. The van der Waals surface area contributed by atoms with Gasteiger partial charge >= 0.3 is 6.03 Å². The first-order chi connectivity index (χ1) is 10.5. The molecule has 1 heterocycles. The number of benzene rings is 1. The highest BCUT2D eigenvalue weighted by Gasteiger charge is 2.24. The minimum absolute atomic E-state index is 0.0492. The van der Waals surface area contributed by atoms with Crippen LogP contribution in [0.3, 0.4) is 0 Å². The van der Waals surface area contributed by atoms with Crippen LogP contribution in [0.1, 0.15) is 12.5 Å². The molecule has 1 aliphatic rings. The molecule has 1 aromatic rings. The van der Waals surface area contributed by atoms with Crippen LogP contribution in [0.2, 0.25) is 0 Å². The Morgan fingerprint density at radius 2 is 1.95 bits per heavy atom. The quantitative estimate of drug-likeness (QED) is 0.878. The molecule has 22 heavy (non-hydrogen) atoms. The Labute approximate surface area is 131 Å². The van der Waals surface area contributed by atoms with Crippen molar-refractivity contribution in [1.29, 1.82) is 0 Å². The molecule has 0 atom stereocenters. The van der Waals surface area contributed by atoms with E-state index in [1.807, 2.05) is 31.2 Å². The SMILES string of the molecule is CCOc1ccccc1CCNC(=O)N1CCS(=O)(=O)CC1. The molecular weight excluding hydrogens is 304 g/mol. The molecule has 1 fully saturated rings. The van der Waals surface area contributed by atoms with Crippen molar-refractivity contribution in [2.24, 2.45) is 0 Å². The van der Waals surface area contributed by atoms with E-state index in [-0.39, 0.29) is 30.6 Å². The van der Waals surface area contributed by atoms with E-state index in [2.05, 4.69) is 5.32 Å². The number of carbonyl (C=O) groups is 1. The molecule has 1 N–H and O–H groups in total. The number of ether oxygens (including phenoxy) is 1. The Kier molecular flexibility index (Phi) is 5.65. The number of carbonyl (C=O) groups excluding carboxylic acids is 1. The highest BCUT2D eigenvalue weighted by atomic mass is 32.2. The van der Waals surface area contributed by atoms with E-state index >= 15 is 0 Å². The molecule has 122 valence electrons. The molecular formula is C15H22N2O4S. The summed E-state index contributed by atoms with van der Waals surface area (Å²) in [6.45, 7) is 3.56. The number of para-hydroxylation sites is 1. The van der Waals surface area contributed by atoms with Crippen molar-refractivity contribution in [1.82, 2.24) is 10.2 Å². The maximum Gasteiger partial charge on any atom is 0.317 e. The Balaban J connectivity index is 1.80. The van der Waals surface area contributed by atoms with Gasteiger partial charge in [-0.3, -0.25) is 0 Å². The molecule has 0 aliphatic carbocycles. The summed E-state index contributed by atoms with van der Waals surface area (Å²) in [7, 11) is -2.96. The molecule has 0 bridgehead atoms. The van der Waals surface area contributed by atoms with Crippen molar-refractivity contribution < 1.29 is 17.9 Å². The molecule has 2 amide bonds. The number of sulfone groups is 1. The third-order valence-electron chi connectivity index (χ3n) is 3.57. The van der Waals surface area contributed by atoms with Gasteiger partial charge in [-0.1, -0.05) is 18.2 Å². The lowest BCUT2D eigenvalue weighted by Crippen LogP contribution is -2.48. The average molecular weight is 326 g/mol. The number of hydrogen-bond acceptors (Lipinski definition) is 4. The Morgan fingerprint density at radius 1 is 1.27 bits per heavy atom. The van der Waals surface area contributed by atoms with Gasteiger partial charge in [-0.05, 0) is 25.0 Å². The summed E-state index contributed by atoms with van der Waals surface area (Å²) >= 11 is 0. The Bertz CT molecular complexity index is 602. The molecule has 1 aromatic carbocycles. The largest absolute Gasteiger partial charge is 0.494 e. The highest BCUT2D eigenvalue weighted by Crippen LogP contribution is 2.18. The zero-order valence-corrected chi connectivity index (χ0v) is 13.6. The summed E-state index contributed by atoms with van der Waals surface area (Å²) in [5.41, 5.74) is 1.05. The van der Waals surface area contributed by atoms with Gasteiger partial charge in [0.1, 0.15) is 5.75 Å². The number of rotatable bonds is 5. The summed E-state index contributed by atoms with van der Waals surface area (Å²) in [6, 6.07) is 7.54. The maximum absolute atomic E-state index is 12.0. The second-order valence-corrected chi connectivity index (χ2v) is 7.47. The van der Waals surface area contributed by atoms with Gasteiger partial charge in [-0.2, -0.15) is 0 Å². The van der Waals surface area contributed by atoms with Crippen LogP contribution in [-0.2, 0) is 16.3 Å². The van der Waals surface area contributed by atoms with E-state index < -0.39 is 9.84 Å². The molecule has 0 spiro atoms. The predicted molar refractivity (Wildman–Crippen MR) is 84.9 cm³/mol. The fourth-order valence-electron chi connectivity index (χ4n) is 2.34. The lowest BCUT2D eigenvalue weighted by molar-refractivity contribution is 0.202. The van der Waals surface area contributed by atoms with Crippen LogP contribution >= 0.6 is 0 Å². The van der Waals surface area contributed by atoms with Crippen LogP contribution in [0.25, 0.3) is 0 Å². The van der Waals surface area contributed by atoms with Gasteiger partial charge in [0.05, 0.1) is 18.1 Å². The summed E-state index contributed by atoms with van der Waals surface area (Å²) < 4.78 is 28.2. The van der Waals surface area contributed by atoms with E-state index in [0.29, 0.717) is 19.6 Å². The van der Waals surface area contributed by atoms with E-state index in [4.69, 9.17) is 4.74 Å². The van der Waals surface area contributed by atoms with Crippen molar-refractivity contribution in [2.45, 2.75) is 13.3 Å². The summed E-state index contributed by atoms with van der Waals surface area (Å²) in [6.07, 6.45) is 0.675. The first-order valence-corrected chi connectivity index (χ1v) is 9.28. The van der Waals surface area contributed by atoms with Crippen LogP contribution in [0.15, 0.2) is 24.3 Å². The number of hydrogen-bond donors (Lipinski definition) is 1. The van der Waals surface area contributed by atoms with E-state index in [0.717, 1.165) is 11.3 Å². The monoisotopic (exact) mass is 326 g/mol. The summed E-state index contributed by atoms with van der Waals surface area (Å²) in [5, 5.41) is 2.83. The minimum atomic E-state index is -2.96. The molecule has 0 radical (unpaired) electrons. The van der Waals surface area contributed by atoms with E-state index in [1.165, 1.54) is 0 Å². The second-order valence-electron chi connectivity index (χ2n) is 5.16. The third-order valence-corrected chi connectivity index (χ3v) is 5.18. The number of nitrogens with zero attached hydrogens (tertiary/aromatic N) is 1. The molecule has 7 heteroatoms. The van der Waals surface area contributed by atoms with Crippen LogP contribution in [0.4, 0.5) is 4.79 Å². The molecule has 6 nitrogen and oxygen atoms in total. The standard InChI is InChI=1S/C15H22N2O4S/c1-2-21-14-6-4-3-5-13(14)7-8-16-15(18)17-9-11-22(19,20)12-10-17/h3-6H,2,7-12H2,1H3,(H,16,18). The maximum atomic E-state index is 12.0. The smallest absolute Gasteiger partial charge is 0.317 e. The predicted octanol–water partition coefficient (Wildman–Crippen LogP) is 1.07. The molecule has 0 saturated carbocycles. The highest BCUT2D eigenvalue weighted by molar-refractivity contribution is 7.91. The van der Waals surface area contributed by atoms with Crippen LogP contribution in [-0.4, -0.2) is 57.1 Å². The van der Waals surface area contributed by atoms with Crippen molar-refractivity contribution >= 4 is 15.9 Å². The van der Waals surface area contributed by atoms with Gasteiger partial charge in [0.15, 0.2) is 9.84 Å². The van der Waals surface area contributed by atoms with Gasteiger partial charge < -0.3 is 15.0 Å². The zero-order valence-electron chi connectivity index (χ0n) is 12.7. The number of amides is 2. The van der Waals surface area contributed by atoms with Crippen LogP contribution < -0.4 is 10.1 Å². The summed E-state index contributed by atoms with van der Waals surface area (Å²) in [5.74, 6) is 0.935. The summed E-state index contributed by atoms with van der Waals surface area (Å²) in [4.78, 5) is 13.5. The molecule has 0 aromatic heterocycles. The molecule has 1 saturated heterocycles. The fraction of sp³-hybridized carbons (Fsp3) is 0.533. The lowest BCUT2D eigenvalue weighted by atomic mass is 10.1.